The van der Waals surface area contributed by atoms with Crippen LogP contribution in [0.4, 0.5) is 10.7 Å². The minimum atomic E-state index is -0.532. The SMILES string of the molecule is COc1ccccc1-c1nc(NC(=O)C2CCN(C(=O)OC(C)(C)C)CC2)n[nH]1. The van der Waals surface area contributed by atoms with E-state index in [0.29, 0.717) is 37.5 Å². The van der Waals surface area contributed by atoms with Crippen LogP contribution in [0.1, 0.15) is 33.6 Å². The van der Waals surface area contributed by atoms with Gasteiger partial charge in [-0.15, -0.1) is 5.10 Å². The van der Waals surface area contributed by atoms with Crippen LogP contribution >= 0.6 is 0 Å². The number of aromatic amines is 1. The molecule has 9 heteroatoms. The Kier molecular flexibility index (Phi) is 6.05. The lowest BCUT2D eigenvalue weighted by molar-refractivity contribution is -0.121. The number of anilines is 1. The normalized spacial score (nSPS) is 15.1. The van der Waals surface area contributed by atoms with Gasteiger partial charge in [0.15, 0.2) is 5.82 Å². The average Bonchev–Trinajstić information content (AvgIpc) is 3.15. The molecule has 2 aromatic rings. The van der Waals surface area contributed by atoms with E-state index < -0.39 is 5.60 Å². The lowest BCUT2D eigenvalue weighted by Crippen LogP contribution is -2.43. The topological polar surface area (TPSA) is 109 Å². The van der Waals surface area contributed by atoms with Gasteiger partial charge in [-0.05, 0) is 45.7 Å². The van der Waals surface area contributed by atoms with Crippen molar-refractivity contribution in [1.29, 1.82) is 0 Å². The molecule has 1 aromatic carbocycles. The number of carbonyl (C=O) groups is 2. The van der Waals surface area contributed by atoms with E-state index in [1.165, 1.54) is 0 Å². The molecule has 0 spiro atoms. The summed E-state index contributed by atoms with van der Waals surface area (Å²) in [6.07, 6.45) is 0.788. The van der Waals surface area contributed by atoms with Crippen LogP contribution in [0.3, 0.4) is 0 Å². The van der Waals surface area contributed by atoms with Crippen LogP contribution in [0, 0.1) is 5.92 Å². The van der Waals surface area contributed by atoms with Crippen molar-refractivity contribution >= 4 is 17.9 Å². The Morgan fingerprint density at radius 2 is 1.90 bits per heavy atom. The molecule has 1 aliphatic rings. The third-order valence-corrected chi connectivity index (χ3v) is 4.60. The van der Waals surface area contributed by atoms with Crippen molar-refractivity contribution in [3.05, 3.63) is 24.3 Å². The minimum Gasteiger partial charge on any atom is -0.496 e. The molecule has 0 saturated carbocycles. The van der Waals surface area contributed by atoms with Crippen LogP contribution < -0.4 is 10.1 Å². The number of piperidine rings is 1. The maximum atomic E-state index is 12.6. The summed E-state index contributed by atoms with van der Waals surface area (Å²) >= 11 is 0. The van der Waals surface area contributed by atoms with Crippen molar-refractivity contribution in [2.45, 2.75) is 39.2 Å². The lowest BCUT2D eigenvalue weighted by atomic mass is 9.96. The zero-order chi connectivity index (χ0) is 21.0. The zero-order valence-electron chi connectivity index (χ0n) is 17.2. The molecule has 156 valence electrons. The summed E-state index contributed by atoms with van der Waals surface area (Å²) in [5.41, 5.74) is 0.226. The molecule has 29 heavy (non-hydrogen) atoms. The fourth-order valence-electron chi connectivity index (χ4n) is 3.14. The summed E-state index contributed by atoms with van der Waals surface area (Å²) in [5.74, 6) is 1.03. The highest BCUT2D eigenvalue weighted by molar-refractivity contribution is 5.91. The predicted octanol–water partition coefficient (Wildman–Crippen LogP) is 3.07. The van der Waals surface area contributed by atoms with Gasteiger partial charge < -0.3 is 14.4 Å². The number of nitrogens with zero attached hydrogens (tertiary/aromatic N) is 3. The molecule has 1 fully saturated rings. The summed E-state index contributed by atoms with van der Waals surface area (Å²) < 4.78 is 10.7. The van der Waals surface area contributed by atoms with Crippen LogP contribution in [-0.4, -0.2) is 57.9 Å². The zero-order valence-corrected chi connectivity index (χ0v) is 17.2. The second-order valence-electron chi connectivity index (χ2n) is 7.94. The van der Waals surface area contributed by atoms with E-state index >= 15 is 0 Å². The summed E-state index contributed by atoms with van der Waals surface area (Å²) in [6, 6.07) is 7.42. The number of nitrogens with one attached hydrogen (secondary N) is 2. The largest absolute Gasteiger partial charge is 0.496 e. The van der Waals surface area contributed by atoms with Crippen molar-refractivity contribution in [1.82, 2.24) is 20.1 Å². The number of amides is 2. The molecule has 2 N–H and O–H groups in total. The Balaban J connectivity index is 1.56. The monoisotopic (exact) mass is 401 g/mol. The Bertz CT molecular complexity index is 866. The van der Waals surface area contributed by atoms with E-state index in [0.717, 1.165) is 5.56 Å². The second-order valence-corrected chi connectivity index (χ2v) is 7.94. The number of benzene rings is 1. The van der Waals surface area contributed by atoms with Gasteiger partial charge in [-0.25, -0.2) is 4.79 Å². The van der Waals surface area contributed by atoms with Crippen molar-refractivity contribution in [3.8, 4) is 17.1 Å². The molecule has 0 radical (unpaired) electrons. The Hall–Kier alpha value is -3.10. The van der Waals surface area contributed by atoms with Gasteiger partial charge in [-0.3, -0.25) is 15.2 Å². The molecule has 0 atom stereocenters. The first kappa shape index (κ1) is 20.6. The fraction of sp³-hybridized carbons (Fsp3) is 0.500. The van der Waals surface area contributed by atoms with Crippen LogP contribution in [0.25, 0.3) is 11.4 Å². The van der Waals surface area contributed by atoms with Gasteiger partial charge in [0.05, 0.1) is 12.7 Å². The molecule has 2 amide bonds. The van der Waals surface area contributed by atoms with Crippen molar-refractivity contribution in [2.24, 2.45) is 5.92 Å². The van der Waals surface area contributed by atoms with Crippen LogP contribution in [0.2, 0.25) is 0 Å². The van der Waals surface area contributed by atoms with Crippen LogP contribution in [-0.2, 0) is 9.53 Å². The number of aromatic nitrogens is 3. The van der Waals surface area contributed by atoms with E-state index in [1.807, 2.05) is 45.0 Å². The molecule has 0 bridgehead atoms. The summed E-state index contributed by atoms with van der Waals surface area (Å²) in [7, 11) is 1.58. The first-order valence-electron chi connectivity index (χ1n) is 9.61. The molecule has 2 heterocycles. The first-order chi connectivity index (χ1) is 13.8. The van der Waals surface area contributed by atoms with Gasteiger partial charge in [0, 0.05) is 19.0 Å². The Labute approximate surface area is 169 Å². The highest BCUT2D eigenvalue weighted by Crippen LogP contribution is 2.27. The summed E-state index contributed by atoms with van der Waals surface area (Å²) in [4.78, 5) is 30.7. The number of rotatable bonds is 4. The maximum Gasteiger partial charge on any atom is 0.410 e. The Morgan fingerprint density at radius 3 is 2.55 bits per heavy atom. The number of hydrogen-bond acceptors (Lipinski definition) is 6. The summed E-state index contributed by atoms with van der Waals surface area (Å²) in [5, 5.41) is 9.66. The standard InChI is InChI=1S/C20H27N5O4/c1-20(2,3)29-19(27)25-11-9-13(10-12-25)17(26)22-18-21-16(23-24-18)14-7-5-6-8-15(14)28-4/h5-8,13H,9-12H2,1-4H3,(H2,21,22,23,24,26). The molecule has 9 nitrogen and oxygen atoms in total. The number of para-hydroxylation sites is 1. The number of methoxy groups -OCH3 is 1. The summed E-state index contributed by atoms with van der Waals surface area (Å²) in [6.45, 7) is 6.46. The van der Waals surface area contributed by atoms with Crippen molar-refractivity contribution in [3.63, 3.8) is 0 Å². The van der Waals surface area contributed by atoms with Gasteiger partial charge in [0.1, 0.15) is 11.4 Å². The molecule has 1 aromatic heterocycles. The molecule has 1 saturated heterocycles. The average molecular weight is 401 g/mol. The van der Waals surface area contributed by atoms with Gasteiger partial charge in [0.2, 0.25) is 11.9 Å². The number of likely N-dealkylation sites (tertiary alicyclic amines) is 1. The number of H-pyrrole nitrogens is 1. The lowest BCUT2D eigenvalue weighted by Gasteiger charge is -2.32. The van der Waals surface area contributed by atoms with Gasteiger partial charge in [-0.2, -0.15) is 4.98 Å². The molecule has 3 rings (SSSR count). The van der Waals surface area contributed by atoms with Crippen LogP contribution in [0.5, 0.6) is 5.75 Å². The number of hydrogen-bond donors (Lipinski definition) is 2. The fourth-order valence-corrected chi connectivity index (χ4v) is 3.14. The molecule has 0 aliphatic carbocycles. The quantitative estimate of drug-likeness (QED) is 0.815. The highest BCUT2D eigenvalue weighted by Gasteiger charge is 2.30. The molecular weight excluding hydrogens is 374 g/mol. The highest BCUT2D eigenvalue weighted by atomic mass is 16.6. The van der Waals surface area contributed by atoms with E-state index in [-0.39, 0.29) is 23.9 Å². The van der Waals surface area contributed by atoms with Gasteiger partial charge in [0.25, 0.3) is 0 Å². The molecule has 0 unspecified atom stereocenters. The second kappa shape index (κ2) is 8.50. The van der Waals surface area contributed by atoms with E-state index in [2.05, 4.69) is 20.5 Å². The Morgan fingerprint density at radius 1 is 1.21 bits per heavy atom. The molecule has 1 aliphatic heterocycles. The van der Waals surface area contributed by atoms with Gasteiger partial charge in [-0.1, -0.05) is 12.1 Å². The van der Waals surface area contributed by atoms with Gasteiger partial charge >= 0.3 is 6.09 Å². The van der Waals surface area contributed by atoms with E-state index in [1.54, 1.807) is 12.0 Å². The third-order valence-electron chi connectivity index (χ3n) is 4.60. The first-order valence-corrected chi connectivity index (χ1v) is 9.61. The molecular formula is C20H27N5O4. The third kappa shape index (κ3) is 5.24. The maximum absolute atomic E-state index is 12.6. The van der Waals surface area contributed by atoms with E-state index in [9.17, 15) is 9.59 Å². The van der Waals surface area contributed by atoms with E-state index in [4.69, 9.17) is 9.47 Å². The van der Waals surface area contributed by atoms with Crippen molar-refractivity contribution < 1.29 is 19.1 Å². The van der Waals surface area contributed by atoms with Crippen molar-refractivity contribution in [2.75, 3.05) is 25.5 Å². The minimum absolute atomic E-state index is 0.153. The predicted molar refractivity (Wildman–Crippen MR) is 108 cm³/mol. The van der Waals surface area contributed by atoms with Crippen LogP contribution in [0.15, 0.2) is 24.3 Å². The number of ether oxygens (including phenoxy) is 2. The smallest absolute Gasteiger partial charge is 0.410 e. The number of carbonyl (C=O) groups excluding carboxylic acids is 2.